The molecule has 2 aromatic rings. The van der Waals surface area contributed by atoms with Gasteiger partial charge in [-0.2, -0.15) is 5.10 Å². The van der Waals surface area contributed by atoms with Crippen molar-refractivity contribution in [2.24, 2.45) is 0 Å². The number of halogens is 2. The van der Waals surface area contributed by atoms with Crippen LogP contribution < -0.4 is 0 Å². The van der Waals surface area contributed by atoms with Crippen LogP contribution in [0, 0.1) is 12.7 Å². The van der Waals surface area contributed by atoms with Crippen LogP contribution >= 0.6 is 11.6 Å². The minimum Gasteiger partial charge on any atom is -0.338 e. The molecule has 1 aliphatic heterocycles. The topological polar surface area (TPSA) is 41.4 Å². The molecule has 0 N–H and O–H groups in total. The maximum absolute atomic E-state index is 13.1. The van der Waals surface area contributed by atoms with E-state index in [4.69, 9.17) is 11.6 Å². The van der Waals surface area contributed by atoms with Crippen LogP contribution in [0.15, 0.2) is 30.5 Å². The van der Waals surface area contributed by atoms with Gasteiger partial charge in [0.2, 0.25) is 5.91 Å². The summed E-state index contributed by atoms with van der Waals surface area (Å²) in [5, 5.41) is 4.77. The van der Waals surface area contributed by atoms with Gasteiger partial charge in [0.05, 0.1) is 5.69 Å². The molecule has 0 radical (unpaired) electrons. The van der Waals surface area contributed by atoms with Gasteiger partial charge in [0, 0.05) is 43.9 Å². The molecule has 1 amide bonds. The fourth-order valence-corrected chi connectivity index (χ4v) is 3.27. The maximum atomic E-state index is 13.1. The third kappa shape index (κ3) is 4.19. The summed E-state index contributed by atoms with van der Waals surface area (Å²) in [6.45, 7) is 7.32. The molecule has 7 heteroatoms. The number of hydrogen-bond acceptors (Lipinski definition) is 3. The number of rotatable bonds is 4. The van der Waals surface area contributed by atoms with Crippen molar-refractivity contribution in [1.82, 2.24) is 19.6 Å². The van der Waals surface area contributed by atoms with Gasteiger partial charge in [0.25, 0.3) is 0 Å². The van der Waals surface area contributed by atoms with E-state index in [9.17, 15) is 9.18 Å². The standard InChI is InChI=1S/C18H22ClFN4O/c1-13-5-6-24(21-13)14(2)18(25)23-9-7-22(8-10-23)12-15-3-4-16(20)11-17(15)19/h3-6,11,14H,7-10,12H2,1-2H3. The molecule has 1 aliphatic rings. The number of nitrogens with zero attached hydrogens (tertiary/aromatic N) is 4. The van der Waals surface area contributed by atoms with Gasteiger partial charge in [0.1, 0.15) is 11.9 Å². The van der Waals surface area contributed by atoms with Gasteiger partial charge in [-0.05, 0) is 37.6 Å². The zero-order valence-electron chi connectivity index (χ0n) is 14.5. The number of hydrogen-bond donors (Lipinski definition) is 0. The van der Waals surface area contributed by atoms with Crippen LogP contribution in [0.5, 0.6) is 0 Å². The van der Waals surface area contributed by atoms with Crippen molar-refractivity contribution in [2.45, 2.75) is 26.4 Å². The van der Waals surface area contributed by atoms with E-state index >= 15 is 0 Å². The third-order valence-corrected chi connectivity index (χ3v) is 4.94. The summed E-state index contributed by atoms with van der Waals surface area (Å²) in [5.41, 5.74) is 1.81. The summed E-state index contributed by atoms with van der Waals surface area (Å²) in [5.74, 6) is -0.241. The van der Waals surface area contributed by atoms with E-state index in [1.165, 1.54) is 12.1 Å². The van der Waals surface area contributed by atoms with Gasteiger partial charge in [-0.3, -0.25) is 14.4 Å². The van der Waals surface area contributed by atoms with Gasteiger partial charge in [-0.15, -0.1) is 0 Å². The average Bonchev–Trinajstić information content (AvgIpc) is 3.03. The van der Waals surface area contributed by atoms with Crippen LogP contribution in [0.25, 0.3) is 0 Å². The minimum atomic E-state index is -0.327. The van der Waals surface area contributed by atoms with Gasteiger partial charge < -0.3 is 4.90 Å². The summed E-state index contributed by atoms with van der Waals surface area (Å²) in [6.07, 6.45) is 1.84. The summed E-state index contributed by atoms with van der Waals surface area (Å²) in [4.78, 5) is 16.8. The second-order valence-electron chi connectivity index (χ2n) is 6.45. The maximum Gasteiger partial charge on any atom is 0.247 e. The molecule has 1 aromatic carbocycles. The Morgan fingerprint density at radius 1 is 1.28 bits per heavy atom. The second kappa shape index (κ2) is 7.54. The summed E-state index contributed by atoms with van der Waals surface area (Å²) in [7, 11) is 0. The molecule has 0 saturated carbocycles. The highest BCUT2D eigenvalue weighted by molar-refractivity contribution is 6.31. The van der Waals surface area contributed by atoms with E-state index in [1.807, 2.05) is 31.0 Å². The van der Waals surface area contributed by atoms with E-state index in [1.54, 1.807) is 10.7 Å². The lowest BCUT2D eigenvalue weighted by atomic mass is 10.2. The van der Waals surface area contributed by atoms with E-state index in [0.29, 0.717) is 24.7 Å². The number of aromatic nitrogens is 2. The second-order valence-corrected chi connectivity index (χ2v) is 6.86. The van der Waals surface area contributed by atoms with Gasteiger partial charge in [0.15, 0.2) is 0 Å². The molecule has 134 valence electrons. The molecular weight excluding hydrogens is 343 g/mol. The Hall–Kier alpha value is -1.92. The van der Waals surface area contributed by atoms with Crippen molar-refractivity contribution in [2.75, 3.05) is 26.2 Å². The van der Waals surface area contributed by atoms with Gasteiger partial charge in [-0.1, -0.05) is 17.7 Å². The lowest BCUT2D eigenvalue weighted by molar-refractivity contribution is -0.136. The fraction of sp³-hybridized carbons (Fsp3) is 0.444. The molecule has 5 nitrogen and oxygen atoms in total. The number of benzene rings is 1. The average molecular weight is 365 g/mol. The lowest BCUT2D eigenvalue weighted by Crippen LogP contribution is -2.50. The zero-order valence-corrected chi connectivity index (χ0v) is 15.2. The summed E-state index contributed by atoms with van der Waals surface area (Å²) >= 11 is 6.10. The van der Waals surface area contributed by atoms with Crippen molar-refractivity contribution >= 4 is 17.5 Å². The quantitative estimate of drug-likeness (QED) is 0.837. The van der Waals surface area contributed by atoms with Crippen molar-refractivity contribution < 1.29 is 9.18 Å². The summed E-state index contributed by atoms with van der Waals surface area (Å²) < 4.78 is 14.8. The Bertz CT molecular complexity index is 755. The molecule has 2 heterocycles. The normalized spacial score (nSPS) is 16.9. The fourth-order valence-electron chi connectivity index (χ4n) is 3.04. The summed E-state index contributed by atoms with van der Waals surface area (Å²) in [6, 6.07) is 6.08. The highest BCUT2D eigenvalue weighted by Crippen LogP contribution is 2.20. The van der Waals surface area contributed by atoms with E-state index in [0.717, 1.165) is 24.3 Å². The van der Waals surface area contributed by atoms with Crippen molar-refractivity contribution in [3.63, 3.8) is 0 Å². The SMILES string of the molecule is Cc1ccn(C(C)C(=O)N2CCN(Cc3ccc(F)cc3Cl)CC2)n1. The molecule has 1 fully saturated rings. The number of carbonyl (C=O) groups excluding carboxylic acids is 1. The van der Waals surface area contributed by atoms with Gasteiger partial charge in [-0.25, -0.2) is 4.39 Å². The molecule has 1 saturated heterocycles. The first-order chi connectivity index (χ1) is 11.9. The Kier molecular flexibility index (Phi) is 5.39. The number of carbonyl (C=O) groups is 1. The highest BCUT2D eigenvalue weighted by Gasteiger charge is 2.26. The number of amides is 1. The largest absolute Gasteiger partial charge is 0.338 e. The molecule has 1 atom stereocenters. The molecule has 3 rings (SSSR count). The molecule has 0 bridgehead atoms. The van der Waals surface area contributed by atoms with E-state index in [-0.39, 0.29) is 17.8 Å². The molecule has 0 spiro atoms. The van der Waals surface area contributed by atoms with Crippen LogP contribution in [0.1, 0.15) is 24.2 Å². The smallest absolute Gasteiger partial charge is 0.247 e. The molecule has 0 aliphatic carbocycles. The molecule has 1 aromatic heterocycles. The predicted octanol–water partition coefficient (Wildman–Crippen LogP) is 2.89. The van der Waals surface area contributed by atoms with Crippen molar-refractivity contribution in [3.05, 3.63) is 52.6 Å². The highest BCUT2D eigenvalue weighted by atomic mass is 35.5. The first kappa shape index (κ1) is 17.9. The lowest BCUT2D eigenvalue weighted by Gasteiger charge is -2.36. The predicted molar refractivity (Wildman–Crippen MR) is 94.9 cm³/mol. The number of aryl methyl sites for hydroxylation is 1. The van der Waals surface area contributed by atoms with E-state index in [2.05, 4.69) is 10.00 Å². The third-order valence-electron chi connectivity index (χ3n) is 4.59. The molecule has 25 heavy (non-hydrogen) atoms. The van der Waals surface area contributed by atoms with Crippen LogP contribution in [-0.2, 0) is 11.3 Å². The van der Waals surface area contributed by atoms with Crippen molar-refractivity contribution in [3.8, 4) is 0 Å². The molecule has 1 unspecified atom stereocenters. The van der Waals surface area contributed by atoms with Crippen LogP contribution in [0.4, 0.5) is 4.39 Å². The Morgan fingerprint density at radius 3 is 2.60 bits per heavy atom. The Balaban J connectivity index is 1.55. The van der Waals surface area contributed by atoms with Crippen molar-refractivity contribution in [1.29, 1.82) is 0 Å². The Labute approximate surface area is 152 Å². The number of piperazine rings is 1. The minimum absolute atomic E-state index is 0.0857. The van der Waals surface area contributed by atoms with E-state index < -0.39 is 0 Å². The van der Waals surface area contributed by atoms with Gasteiger partial charge >= 0.3 is 0 Å². The van der Waals surface area contributed by atoms with Crippen LogP contribution in [0.3, 0.4) is 0 Å². The van der Waals surface area contributed by atoms with Crippen LogP contribution in [0.2, 0.25) is 5.02 Å². The Morgan fingerprint density at radius 2 is 2.00 bits per heavy atom. The first-order valence-electron chi connectivity index (χ1n) is 8.41. The zero-order chi connectivity index (χ0) is 18.0. The first-order valence-corrected chi connectivity index (χ1v) is 8.78. The molecular formula is C18H22ClFN4O. The monoisotopic (exact) mass is 364 g/mol. The van der Waals surface area contributed by atoms with Crippen LogP contribution in [-0.4, -0.2) is 51.7 Å².